The molecule has 0 fully saturated rings. The van der Waals surface area contributed by atoms with Crippen LogP contribution in [0.5, 0.6) is 5.75 Å². The molecule has 6 nitrogen and oxygen atoms in total. The maximum Gasteiger partial charge on any atom is 0.251 e. The number of hydrogen-bond acceptors (Lipinski definition) is 5. The van der Waals surface area contributed by atoms with Gasteiger partial charge in [0.15, 0.2) is 0 Å². The minimum atomic E-state index is -0.478. The van der Waals surface area contributed by atoms with Crippen LogP contribution in [0.4, 0.5) is 5.00 Å². The molecule has 3 rings (SSSR count). The van der Waals surface area contributed by atoms with E-state index in [0.717, 1.165) is 47.8 Å². The molecular formula is C20H25N3O3S. The molecule has 0 radical (unpaired) electrons. The predicted molar refractivity (Wildman–Crippen MR) is 107 cm³/mol. The van der Waals surface area contributed by atoms with Gasteiger partial charge in [-0.15, -0.1) is 11.3 Å². The van der Waals surface area contributed by atoms with Gasteiger partial charge in [0, 0.05) is 18.0 Å². The molecule has 0 saturated carbocycles. The van der Waals surface area contributed by atoms with Crippen LogP contribution < -0.4 is 15.8 Å². The van der Waals surface area contributed by atoms with Gasteiger partial charge in [0.2, 0.25) is 5.91 Å². The second-order valence-electron chi connectivity index (χ2n) is 6.49. The van der Waals surface area contributed by atoms with Crippen LogP contribution in [0.25, 0.3) is 0 Å². The molecular weight excluding hydrogens is 362 g/mol. The molecule has 0 atom stereocenters. The Morgan fingerprint density at radius 3 is 2.63 bits per heavy atom. The van der Waals surface area contributed by atoms with E-state index in [1.54, 1.807) is 0 Å². The van der Waals surface area contributed by atoms with Crippen molar-refractivity contribution in [3.8, 4) is 5.75 Å². The summed E-state index contributed by atoms with van der Waals surface area (Å²) in [5.41, 5.74) is 7.97. The normalized spacial score (nSPS) is 13.9. The minimum absolute atomic E-state index is 0.160. The Morgan fingerprint density at radius 1 is 1.26 bits per heavy atom. The van der Waals surface area contributed by atoms with Gasteiger partial charge in [-0.05, 0) is 43.1 Å². The molecule has 7 heteroatoms. The molecule has 0 bridgehead atoms. The van der Waals surface area contributed by atoms with Gasteiger partial charge in [0.25, 0.3) is 5.91 Å². The zero-order chi connectivity index (χ0) is 19.4. The molecule has 27 heavy (non-hydrogen) atoms. The number of nitrogens with two attached hydrogens (primary N) is 1. The fourth-order valence-corrected chi connectivity index (χ4v) is 4.61. The smallest absolute Gasteiger partial charge is 0.251 e. The maximum atomic E-state index is 12.5. The van der Waals surface area contributed by atoms with Gasteiger partial charge >= 0.3 is 0 Å². The van der Waals surface area contributed by atoms with Crippen molar-refractivity contribution in [2.45, 2.75) is 33.2 Å². The van der Waals surface area contributed by atoms with E-state index in [-0.39, 0.29) is 12.3 Å². The van der Waals surface area contributed by atoms with Gasteiger partial charge in [0.1, 0.15) is 10.8 Å². The summed E-state index contributed by atoms with van der Waals surface area (Å²) in [5.74, 6) is 0.144. The number of thiophene rings is 1. The maximum absolute atomic E-state index is 12.5. The van der Waals surface area contributed by atoms with Crippen molar-refractivity contribution >= 4 is 28.2 Å². The number of benzene rings is 1. The van der Waals surface area contributed by atoms with Gasteiger partial charge in [0.05, 0.1) is 18.6 Å². The second kappa shape index (κ2) is 8.54. The first-order valence-corrected chi connectivity index (χ1v) is 10.0. The van der Waals surface area contributed by atoms with E-state index in [1.807, 2.05) is 31.2 Å². The summed E-state index contributed by atoms with van der Waals surface area (Å²) < 4.78 is 5.41. The number of rotatable bonds is 7. The van der Waals surface area contributed by atoms with E-state index < -0.39 is 5.91 Å². The van der Waals surface area contributed by atoms with Crippen LogP contribution in [0.1, 0.15) is 40.2 Å². The van der Waals surface area contributed by atoms with Crippen LogP contribution in [0.2, 0.25) is 0 Å². The Balaban J connectivity index is 1.73. The van der Waals surface area contributed by atoms with Crippen molar-refractivity contribution in [3.63, 3.8) is 0 Å². The summed E-state index contributed by atoms with van der Waals surface area (Å²) in [6, 6.07) is 7.45. The van der Waals surface area contributed by atoms with Gasteiger partial charge in [-0.1, -0.05) is 19.1 Å². The van der Waals surface area contributed by atoms with Gasteiger partial charge in [-0.25, -0.2) is 0 Å². The highest BCUT2D eigenvalue weighted by Crippen LogP contribution is 2.36. The molecule has 1 aliphatic heterocycles. The SMILES string of the molecule is CCOc1ccc(CC(=O)Nc2sc3c(c2C(N)=O)CCN(CC)C3)cc1. The van der Waals surface area contributed by atoms with Crippen molar-refractivity contribution in [2.75, 3.05) is 25.0 Å². The fourth-order valence-electron chi connectivity index (χ4n) is 3.30. The minimum Gasteiger partial charge on any atom is -0.494 e. The molecule has 0 saturated heterocycles. The summed E-state index contributed by atoms with van der Waals surface area (Å²) in [6.07, 6.45) is 1.01. The summed E-state index contributed by atoms with van der Waals surface area (Å²) in [4.78, 5) is 27.9. The van der Waals surface area contributed by atoms with Crippen LogP contribution in [0.3, 0.4) is 0 Å². The molecule has 0 aliphatic carbocycles. The summed E-state index contributed by atoms with van der Waals surface area (Å²) >= 11 is 1.46. The van der Waals surface area contributed by atoms with E-state index >= 15 is 0 Å². The zero-order valence-electron chi connectivity index (χ0n) is 15.7. The first kappa shape index (κ1) is 19.4. The van der Waals surface area contributed by atoms with E-state index in [9.17, 15) is 9.59 Å². The Hall–Kier alpha value is -2.38. The molecule has 3 N–H and O–H groups in total. The Morgan fingerprint density at radius 2 is 2.00 bits per heavy atom. The largest absolute Gasteiger partial charge is 0.494 e. The Kier molecular flexibility index (Phi) is 6.13. The summed E-state index contributed by atoms with van der Waals surface area (Å²) in [6.45, 7) is 7.31. The van der Waals surface area contributed by atoms with Gasteiger partial charge in [-0.3, -0.25) is 14.5 Å². The number of nitrogens with zero attached hydrogens (tertiary/aromatic N) is 1. The first-order valence-electron chi connectivity index (χ1n) is 9.20. The lowest BCUT2D eigenvalue weighted by Gasteiger charge is -2.25. The molecule has 1 aromatic carbocycles. The molecule has 144 valence electrons. The van der Waals surface area contributed by atoms with E-state index in [0.29, 0.717) is 17.2 Å². The van der Waals surface area contributed by atoms with E-state index in [2.05, 4.69) is 17.1 Å². The first-order chi connectivity index (χ1) is 13.0. The number of ether oxygens (including phenoxy) is 1. The third-order valence-corrected chi connectivity index (χ3v) is 5.81. The average molecular weight is 388 g/mol. The molecule has 2 heterocycles. The van der Waals surface area contributed by atoms with Gasteiger partial charge < -0.3 is 15.8 Å². The molecule has 0 spiro atoms. The van der Waals surface area contributed by atoms with E-state index in [4.69, 9.17) is 10.5 Å². The van der Waals surface area contributed by atoms with Crippen molar-refractivity contribution in [2.24, 2.45) is 5.73 Å². The van der Waals surface area contributed by atoms with Crippen LogP contribution in [-0.4, -0.2) is 36.4 Å². The Bertz CT molecular complexity index is 830. The van der Waals surface area contributed by atoms with Crippen LogP contribution >= 0.6 is 11.3 Å². The number of fused-ring (bicyclic) bond motifs is 1. The molecule has 1 aromatic heterocycles. The highest BCUT2D eigenvalue weighted by Gasteiger charge is 2.27. The average Bonchev–Trinajstić information content (AvgIpc) is 3.00. The molecule has 0 unspecified atom stereocenters. The number of likely N-dealkylation sites (N-methyl/N-ethyl adjacent to an activating group) is 1. The van der Waals surface area contributed by atoms with Crippen molar-refractivity contribution in [1.29, 1.82) is 0 Å². The third-order valence-electron chi connectivity index (χ3n) is 4.68. The molecule has 2 amide bonds. The second-order valence-corrected chi connectivity index (χ2v) is 7.60. The van der Waals surface area contributed by atoms with E-state index in [1.165, 1.54) is 11.3 Å². The summed E-state index contributed by atoms with van der Waals surface area (Å²) in [5, 5.41) is 3.47. The third kappa shape index (κ3) is 4.48. The molecule has 2 aromatic rings. The van der Waals surface area contributed by atoms with Crippen molar-refractivity contribution < 1.29 is 14.3 Å². The fraction of sp³-hybridized carbons (Fsp3) is 0.400. The predicted octanol–water partition coefficient (Wildman–Crippen LogP) is 2.80. The quantitative estimate of drug-likeness (QED) is 0.765. The van der Waals surface area contributed by atoms with Crippen molar-refractivity contribution in [1.82, 2.24) is 4.90 Å². The number of amides is 2. The number of hydrogen-bond donors (Lipinski definition) is 2. The number of carbonyl (C=O) groups is 2. The number of primary amides is 1. The number of carbonyl (C=O) groups excluding carboxylic acids is 2. The standard InChI is InChI=1S/C20H25N3O3S/c1-3-23-10-9-15-16(12-23)27-20(18(15)19(21)25)22-17(24)11-13-5-7-14(8-6-13)26-4-2/h5-8H,3-4,9-12H2,1-2H3,(H2,21,25)(H,22,24). The highest BCUT2D eigenvalue weighted by atomic mass is 32.1. The van der Waals surface area contributed by atoms with Crippen LogP contribution in [-0.2, 0) is 24.2 Å². The lowest BCUT2D eigenvalue weighted by molar-refractivity contribution is -0.115. The topological polar surface area (TPSA) is 84.7 Å². The number of anilines is 1. The number of nitrogens with one attached hydrogen (secondary N) is 1. The van der Waals surface area contributed by atoms with Crippen LogP contribution in [0, 0.1) is 0 Å². The molecule has 1 aliphatic rings. The summed E-state index contributed by atoms with van der Waals surface area (Å²) in [7, 11) is 0. The Labute approximate surface area is 163 Å². The highest BCUT2D eigenvalue weighted by molar-refractivity contribution is 7.17. The van der Waals surface area contributed by atoms with Crippen LogP contribution in [0.15, 0.2) is 24.3 Å². The van der Waals surface area contributed by atoms with Gasteiger partial charge in [-0.2, -0.15) is 0 Å². The zero-order valence-corrected chi connectivity index (χ0v) is 16.5. The lowest BCUT2D eigenvalue weighted by Crippen LogP contribution is -2.30. The monoisotopic (exact) mass is 387 g/mol. The lowest BCUT2D eigenvalue weighted by atomic mass is 10.0. The van der Waals surface area contributed by atoms with Crippen molar-refractivity contribution in [3.05, 3.63) is 45.8 Å².